The zero-order valence-electron chi connectivity index (χ0n) is 9.19. The third-order valence-electron chi connectivity index (χ3n) is 2.61. The van der Waals surface area contributed by atoms with Gasteiger partial charge in [0.15, 0.2) is 5.76 Å². The highest BCUT2D eigenvalue weighted by molar-refractivity contribution is 5.94. The Hall–Kier alpha value is -1.13. The van der Waals surface area contributed by atoms with Crippen LogP contribution in [0, 0.1) is 0 Å². The Bertz CT molecular complexity index is 312. The van der Waals surface area contributed by atoms with Crippen LogP contribution in [0.15, 0.2) is 22.8 Å². The highest BCUT2D eigenvalue weighted by atomic mass is 16.5. The number of carbonyl (C=O) groups excluding carboxylic acids is 1. The van der Waals surface area contributed by atoms with Crippen molar-refractivity contribution in [3.05, 3.63) is 24.2 Å². The molecule has 1 fully saturated rings. The van der Waals surface area contributed by atoms with Crippen LogP contribution < -0.4 is 0 Å². The minimum atomic E-state index is -0.124. The number of hydrogen-bond acceptors (Lipinski definition) is 4. The Kier molecular flexibility index (Phi) is 4.13. The van der Waals surface area contributed by atoms with Gasteiger partial charge in [0.1, 0.15) is 6.61 Å². The predicted molar refractivity (Wildman–Crippen MR) is 57.4 cm³/mol. The minimum absolute atomic E-state index is 0.0629. The summed E-state index contributed by atoms with van der Waals surface area (Å²) in [4.78, 5) is 11.5. The van der Waals surface area contributed by atoms with Crippen LogP contribution in [-0.2, 0) is 9.47 Å². The molecule has 1 aromatic heterocycles. The smallest absolute Gasteiger partial charge is 0.223 e. The van der Waals surface area contributed by atoms with Crippen molar-refractivity contribution in [2.75, 3.05) is 19.8 Å². The standard InChI is InChI=1S/C12H16O4/c13-11(12-5-3-7-16-12)9-14-8-10-4-1-2-6-15-10/h3,5,7,10H,1-2,4,6,8-9H2. The van der Waals surface area contributed by atoms with Crippen molar-refractivity contribution in [2.24, 2.45) is 0 Å². The Morgan fingerprint density at radius 1 is 1.50 bits per heavy atom. The molecule has 88 valence electrons. The molecule has 0 spiro atoms. The van der Waals surface area contributed by atoms with Gasteiger partial charge in [0, 0.05) is 6.61 Å². The predicted octanol–water partition coefficient (Wildman–Crippen LogP) is 2.05. The second-order valence-corrected chi connectivity index (χ2v) is 3.90. The molecule has 1 aliphatic heterocycles. The lowest BCUT2D eigenvalue weighted by Gasteiger charge is -2.21. The average Bonchev–Trinajstić information content (AvgIpc) is 2.84. The molecule has 16 heavy (non-hydrogen) atoms. The molecule has 4 nitrogen and oxygen atoms in total. The molecule has 1 unspecified atom stereocenters. The minimum Gasteiger partial charge on any atom is -0.461 e. The van der Waals surface area contributed by atoms with Gasteiger partial charge < -0.3 is 13.9 Å². The molecule has 4 heteroatoms. The largest absolute Gasteiger partial charge is 0.461 e. The Morgan fingerprint density at radius 2 is 2.44 bits per heavy atom. The first kappa shape index (κ1) is 11.4. The van der Waals surface area contributed by atoms with E-state index in [-0.39, 0.29) is 18.5 Å². The normalized spacial score (nSPS) is 20.9. The Balaban J connectivity index is 1.66. The van der Waals surface area contributed by atoms with Crippen molar-refractivity contribution in [3.8, 4) is 0 Å². The summed E-state index contributed by atoms with van der Waals surface area (Å²) >= 11 is 0. The average molecular weight is 224 g/mol. The topological polar surface area (TPSA) is 48.7 Å². The van der Waals surface area contributed by atoms with E-state index in [1.54, 1.807) is 12.1 Å². The molecule has 0 amide bonds. The molecule has 2 heterocycles. The summed E-state index contributed by atoms with van der Waals surface area (Å²) in [6.45, 7) is 1.36. The van der Waals surface area contributed by atoms with Crippen LogP contribution in [0.4, 0.5) is 0 Å². The molecule has 2 rings (SSSR count). The monoisotopic (exact) mass is 224 g/mol. The number of furan rings is 1. The van der Waals surface area contributed by atoms with Gasteiger partial charge in [-0.3, -0.25) is 4.79 Å². The van der Waals surface area contributed by atoms with Crippen LogP contribution in [-0.4, -0.2) is 31.7 Å². The van der Waals surface area contributed by atoms with Crippen molar-refractivity contribution < 1.29 is 18.7 Å². The summed E-state index contributed by atoms with van der Waals surface area (Å²) in [7, 11) is 0. The Labute approximate surface area is 94.5 Å². The summed E-state index contributed by atoms with van der Waals surface area (Å²) < 4.78 is 15.8. The zero-order valence-corrected chi connectivity index (χ0v) is 9.19. The van der Waals surface area contributed by atoms with Gasteiger partial charge in [0.05, 0.1) is 19.0 Å². The van der Waals surface area contributed by atoms with Gasteiger partial charge in [0.2, 0.25) is 5.78 Å². The SMILES string of the molecule is O=C(COCC1CCCCO1)c1ccco1. The van der Waals surface area contributed by atoms with Crippen LogP contribution >= 0.6 is 0 Å². The van der Waals surface area contributed by atoms with E-state index in [1.807, 2.05) is 0 Å². The maximum absolute atomic E-state index is 11.5. The van der Waals surface area contributed by atoms with Crippen molar-refractivity contribution >= 4 is 5.78 Å². The molecule has 1 saturated heterocycles. The number of Topliss-reactive ketones (excluding diaryl/α,β-unsaturated/α-hetero) is 1. The van der Waals surface area contributed by atoms with E-state index in [2.05, 4.69) is 0 Å². The van der Waals surface area contributed by atoms with Crippen LogP contribution in [0.5, 0.6) is 0 Å². The van der Waals surface area contributed by atoms with E-state index in [0.29, 0.717) is 12.4 Å². The number of rotatable bonds is 5. The van der Waals surface area contributed by atoms with Gasteiger partial charge in [0.25, 0.3) is 0 Å². The van der Waals surface area contributed by atoms with Gasteiger partial charge in [-0.15, -0.1) is 0 Å². The van der Waals surface area contributed by atoms with Gasteiger partial charge in [-0.05, 0) is 31.4 Å². The molecule has 0 aromatic carbocycles. The van der Waals surface area contributed by atoms with Crippen molar-refractivity contribution in [2.45, 2.75) is 25.4 Å². The maximum Gasteiger partial charge on any atom is 0.223 e. The van der Waals surface area contributed by atoms with E-state index in [4.69, 9.17) is 13.9 Å². The molecule has 0 N–H and O–H groups in total. The summed E-state index contributed by atoms with van der Waals surface area (Å²) in [5, 5.41) is 0. The van der Waals surface area contributed by atoms with Crippen LogP contribution in [0.25, 0.3) is 0 Å². The molecule has 0 radical (unpaired) electrons. The van der Waals surface area contributed by atoms with Crippen LogP contribution in [0.1, 0.15) is 29.8 Å². The second kappa shape index (κ2) is 5.82. The lowest BCUT2D eigenvalue weighted by atomic mass is 10.1. The Morgan fingerprint density at radius 3 is 3.12 bits per heavy atom. The van der Waals surface area contributed by atoms with Gasteiger partial charge in [-0.25, -0.2) is 0 Å². The highest BCUT2D eigenvalue weighted by Crippen LogP contribution is 2.12. The molecule has 0 saturated carbocycles. The van der Waals surface area contributed by atoms with E-state index in [9.17, 15) is 4.79 Å². The fraction of sp³-hybridized carbons (Fsp3) is 0.583. The van der Waals surface area contributed by atoms with Crippen LogP contribution in [0.3, 0.4) is 0 Å². The first-order valence-electron chi connectivity index (χ1n) is 5.62. The van der Waals surface area contributed by atoms with E-state index < -0.39 is 0 Å². The van der Waals surface area contributed by atoms with Gasteiger partial charge in [-0.2, -0.15) is 0 Å². The fourth-order valence-corrected chi connectivity index (χ4v) is 1.73. The molecule has 1 aliphatic rings. The number of carbonyl (C=O) groups is 1. The summed E-state index contributed by atoms with van der Waals surface area (Å²) in [5.74, 6) is 0.227. The molecule has 1 aromatic rings. The second-order valence-electron chi connectivity index (χ2n) is 3.90. The first-order chi connectivity index (χ1) is 7.86. The summed E-state index contributed by atoms with van der Waals surface area (Å²) in [5.41, 5.74) is 0. The molecular weight excluding hydrogens is 208 g/mol. The van der Waals surface area contributed by atoms with E-state index in [1.165, 1.54) is 12.7 Å². The lowest BCUT2D eigenvalue weighted by molar-refractivity contribution is -0.0372. The lowest BCUT2D eigenvalue weighted by Crippen LogP contribution is -2.25. The molecule has 1 atom stereocenters. The van der Waals surface area contributed by atoms with Crippen LogP contribution in [0.2, 0.25) is 0 Å². The van der Waals surface area contributed by atoms with Crippen molar-refractivity contribution in [1.29, 1.82) is 0 Å². The van der Waals surface area contributed by atoms with E-state index in [0.717, 1.165) is 19.4 Å². The molecule has 0 aliphatic carbocycles. The van der Waals surface area contributed by atoms with Crippen molar-refractivity contribution in [1.82, 2.24) is 0 Å². The fourth-order valence-electron chi connectivity index (χ4n) is 1.73. The zero-order chi connectivity index (χ0) is 11.2. The first-order valence-corrected chi connectivity index (χ1v) is 5.62. The third-order valence-corrected chi connectivity index (χ3v) is 2.61. The summed E-state index contributed by atoms with van der Waals surface area (Å²) in [6.07, 6.45) is 4.96. The quantitative estimate of drug-likeness (QED) is 0.718. The third kappa shape index (κ3) is 3.18. The molecular formula is C12H16O4. The maximum atomic E-state index is 11.5. The van der Waals surface area contributed by atoms with Gasteiger partial charge >= 0.3 is 0 Å². The number of ketones is 1. The number of ether oxygens (including phenoxy) is 2. The summed E-state index contributed by atoms with van der Waals surface area (Å²) in [6, 6.07) is 3.33. The number of hydrogen-bond donors (Lipinski definition) is 0. The van der Waals surface area contributed by atoms with Gasteiger partial charge in [-0.1, -0.05) is 0 Å². The highest BCUT2D eigenvalue weighted by Gasteiger charge is 2.15. The van der Waals surface area contributed by atoms with Crippen molar-refractivity contribution in [3.63, 3.8) is 0 Å². The van der Waals surface area contributed by atoms with E-state index >= 15 is 0 Å². The molecule has 0 bridgehead atoms.